The second kappa shape index (κ2) is 6.25. The lowest BCUT2D eigenvalue weighted by Gasteiger charge is -2.11. The molecular weight excluding hydrogens is 216 g/mol. The Labute approximate surface area is 102 Å². The molecule has 0 aromatic rings. The number of nitrogens with zero attached hydrogens (tertiary/aromatic N) is 1. The molecule has 17 heavy (non-hydrogen) atoms. The van der Waals surface area contributed by atoms with Gasteiger partial charge in [-0.25, -0.2) is 0 Å². The fraction of sp³-hybridized carbons (Fsp3) is 0.462. The van der Waals surface area contributed by atoms with Crippen LogP contribution in [0.5, 0.6) is 0 Å². The number of aliphatic hydroxyl groups excluding tert-OH is 1. The molecule has 1 heterocycles. The molecule has 1 saturated heterocycles. The zero-order valence-corrected chi connectivity index (χ0v) is 10.4. The molecule has 2 N–H and O–H groups in total. The van der Waals surface area contributed by atoms with E-state index < -0.39 is 0 Å². The Balaban J connectivity index is 2.52. The van der Waals surface area contributed by atoms with Crippen molar-refractivity contribution in [3.63, 3.8) is 0 Å². The van der Waals surface area contributed by atoms with E-state index in [1.807, 2.05) is 14.0 Å². The number of likely N-dealkylation sites (tertiary alicyclic amines) is 1. The summed E-state index contributed by atoms with van der Waals surface area (Å²) in [6, 6.07) is 0. The Kier molecular flexibility index (Phi) is 4.97. The summed E-state index contributed by atoms with van der Waals surface area (Å²) in [6.07, 6.45) is 5.78. The zero-order chi connectivity index (χ0) is 12.8. The van der Waals surface area contributed by atoms with Crippen LogP contribution >= 0.6 is 0 Å². The lowest BCUT2D eigenvalue weighted by molar-refractivity contribution is -0.123. The van der Waals surface area contributed by atoms with Crippen molar-refractivity contribution >= 4 is 5.91 Å². The normalized spacial score (nSPS) is 22.0. The van der Waals surface area contributed by atoms with Crippen LogP contribution in [0.2, 0.25) is 0 Å². The minimum Gasteiger partial charge on any atom is -0.509 e. The number of amides is 1. The molecule has 0 radical (unpaired) electrons. The largest absolute Gasteiger partial charge is 0.509 e. The predicted octanol–water partition coefficient (Wildman–Crippen LogP) is 1.59. The molecule has 1 fully saturated rings. The first-order chi connectivity index (χ1) is 8.02. The van der Waals surface area contributed by atoms with Gasteiger partial charge < -0.3 is 15.3 Å². The van der Waals surface area contributed by atoms with E-state index in [1.54, 1.807) is 12.2 Å². The number of carbonyl (C=O) groups is 1. The second-order valence-electron chi connectivity index (χ2n) is 4.31. The fourth-order valence-corrected chi connectivity index (χ4v) is 1.79. The van der Waals surface area contributed by atoms with Gasteiger partial charge in [0.15, 0.2) is 0 Å². The Morgan fingerprint density at radius 1 is 1.53 bits per heavy atom. The molecule has 0 aromatic carbocycles. The summed E-state index contributed by atoms with van der Waals surface area (Å²) < 4.78 is 0. The molecule has 1 rings (SSSR count). The van der Waals surface area contributed by atoms with E-state index in [2.05, 4.69) is 16.8 Å². The number of nitrogens with one attached hydrogen (secondary N) is 1. The smallest absolute Gasteiger partial charge is 0.228 e. The van der Waals surface area contributed by atoms with Crippen LogP contribution in [0.1, 0.15) is 13.3 Å². The second-order valence-corrected chi connectivity index (χ2v) is 4.31. The van der Waals surface area contributed by atoms with Crippen LogP contribution in [0.3, 0.4) is 0 Å². The van der Waals surface area contributed by atoms with Gasteiger partial charge in [0, 0.05) is 12.2 Å². The molecule has 1 unspecified atom stereocenters. The van der Waals surface area contributed by atoms with Crippen molar-refractivity contribution in [2.24, 2.45) is 5.92 Å². The van der Waals surface area contributed by atoms with Gasteiger partial charge in [0.25, 0.3) is 0 Å². The first kappa shape index (κ1) is 13.5. The van der Waals surface area contributed by atoms with Crippen LogP contribution in [0.4, 0.5) is 0 Å². The van der Waals surface area contributed by atoms with Gasteiger partial charge in [-0.3, -0.25) is 4.79 Å². The average molecular weight is 236 g/mol. The monoisotopic (exact) mass is 236 g/mol. The van der Waals surface area contributed by atoms with Crippen molar-refractivity contribution < 1.29 is 9.90 Å². The zero-order valence-electron chi connectivity index (χ0n) is 10.4. The Morgan fingerprint density at radius 2 is 2.24 bits per heavy atom. The van der Waals surface area contributed by atoms with Crippen molar-refractivity contribution in [1.29, 1.82) is 0 Å². The van der Waals surface area contributed by atoms with Crippen LogP contribution in [0.25, 0.3) is 0 Å². The van der Waals surface area contributed by atoms with Gasteiger partial charge in [0.1, 0.15) is 5.76 Å². The van der Waals surface area contributed by atoms with Gasteiger partial charge in [0.05, 0.1) is 5.92 Å². The quantitative estimate of drug-likeness (QED) is 0.575. The maximum absolute atomic E-state index is 11.9. The van der Waals surface area contributed by atoms with E-state index in [9.17, 15) is 4.79 Å². The van der Waals surface area contributed by atoms with E-state index in [0.717, 1.165) is 19.5 Å². The van der Waals surface area contributed by atoms with Crippen molar-refractivity contribution in [1.82, 2.24) is 10.2 Å². The third-order valence-corrected chi connectivity index (χ3v) is 2.80. The Morgan fingerprint density at radius 3 is 2.71 bits per heavy atom. The Bertz CT molecular complexity index is 358. The maximum atomic E-state index is 11.9. The third kappa shape index (κ3) is 4.44. The first-order valence-electron chi connectivity index (χ1n) is 5.74. The van der Waals surface area contributed by atoms with Gasteiger partial charge in [-0.15, -0.1) is 0 Å². The summed E-state index contributed by atoms with van der Waals surface area (Å²) in [5, 5.41) is 11.8. The van der Waals surface area contributed by atoms with E-state index in [0.29, 0.717) is 5.70 Å². The SMILES string of the molecule is C=C(O)/C=C\C(=C/C)NC(=O)C1CCN(C)C1. The fourth-order valence-electron chi connectivity index (χ4n) is 1.79. The summed E-state index contributed by atoms with van der Waals surface area (Å²) in [6.45, 7) is 6.95. The number of carbonyl (C=O) groups excluding carboxylic acids is 1. The van der Waals surface area contributed by atoms with Crippen LogP contribution in [0.15, 0.2) is 36.3 Å². The minimum atomic E-state index is -0.0285. The highest BCUT2D eigenvalue weighted by Gasteiger charge is 2.25. The number of hydrogen-bond donors (Lipinski definition) is 2. The minimum absolute atomic E-state index is 0.0285. The molecule has 0 saturated carbocycles. The number of aliphatic hydroxyl groups is 1. The standard InChI is InChI=1S/C13H20N2O2/c1-4-12(6-5-10(2)16)14-13(17)11-7-8-15(3)9-11/h4-6,11,16H,2,7-9H2,1,3H3,(H,14,17)/b6-5-,12-4+. The molecule has 0 spiro atoms. The summed E-state index contributed by atoms with van der Waals surface area (Å²) in [7, 11) is 2.01. The molecule has 4 heteroatoms. The van der Waals surface area contributed by atoms with Crippen molar-refractivity contribution in [2.75, 3.05) is 20.1 Å². The predicted molar refractivity (Wildman–Crippen MR) is 68.4 cm³/mol. The first-order valence-corrected chi connectivity index (χ1v) is 5.74. The number of hydrogen-bond acceptors (Lipinski definition) is 3. The van der Waals surface area contributed by atoms with Crippen LogP contribution in [0, 0.1) is 5.92 Å². The molecule has 1 atom stereocenters. The van der Waals surface area contributed by atoms with E-state index in [1.165, 1.54) is 6.08 Å². The molecule has 0 aromatic heterocycles. The maximum Gasteiger partial charge on any atom is 0.228 e. The van der Waals surface area contributed by atoms with Gasteiger partial charge in [-0.2, -0.15) is 0 Å². The molecule has 94 valence electrons. The summed E-state index contributed by atoms with van der Waals surface area (Å²) in [5.41, 5.74) is 0.680. The topological polar surface area (TPSA) is 52.6 Å². The van der Waals surface area contributed by atoms with Crippen molar-refractivity contribution in [2.45, 2.75) is 13.3 Å². The molecule has 0 aliphatic carbocycles. The highest BCUT2D eigenvalue weighted by Crippen LogP contribution is 2.14. The summed E-state index contributed by atoms with van der Waals surface area (Å²) in [4.78, 5) is 14.1. The Hall–Kier alpha value is -1.55. The molecule has 1 aliphatic heterocycles. The van der Waals surface area contributed by atoms with Crippen LogP contribution in [-0.4, -0.2) is 36.1 Å². The van der Waals surface area contributed by atoms with Crippen molar-refractivity contribution in [3.8, 4) is 0 Å². The number of rotatable bonds is 4. The van der Waals surface area contributed by atoms with Gasteiger partial charge in [-0.05, 0) is 39.1 Å². The third-order valence-electron chi connectivity index (χ3n) is 2.80. The molecular formula is C13H20N2O2. The van der Waals surface area contributed by atoms with E-state index in [4.69, 9.17) is 5.11 Å². The molecule has 1 aliphatic rings. The average Bonchev–Trinajstić information content (AvgIpc) is 2.70. The van der Waals surface area contributed by atoms with Crippen molar-refractivity contribution in [3.05, 3.63) is 36.3 Å². The lowest BCUT2D eigenvalue weighted by Crippen LogP contribution is -2.31. The van der Waals surface area contributed by atoms with Crippen LogP contribution < -0.4 is 5.32 Å². The number of allylic oxidation sites excluding steroid dienone is 3. The summed E-state index contributed by atoms with van der Waals surface area (Å²) >= 11 is 0. The van der Waals surface area contributed by atoms with E-state index in [-0.39, 0.29) is 17.6 Å². The van der Waals surface area contributed by atoms with Crippen LogP contribution in [-0.2, 0) is 4.79 Å². The van der Waals surface area contributed by atoms with E-state index >= 15 is 0 Å². The molecule has 1 amide bonds. The highest BCUT2D eigenvalue weighted by atomic mass is 16.3. The lowest BCUT2D eigenvalue weighted by atomic mass is 10.1. The molecule has 0 bridgehead atoms. The van der Waals surface area contributed by atoms with Gasteiger partial charge in [0.2, 0.25) is 5.91 Å². The summed E-state index contributed by atoms with van der Waals surface area (Å²) in [5.74, 6) is 0.0653. The van der Waals surface area contributed by atoms with Gasteiger partial charge >= 0.3 is 0 Å². The molecule has 4 nitrogen and oxygen atoms in total. The van der Waals surface area contributed by atoms with Gasteiger partial charge in [-0.1, -0.05) is 12.7 Å². The highest BCUT2D eigenvalue weighted by molar-refractivity contribution is 5.81.